The fourth-order valence-electron chi connectivity index (χ4n) is 3.13. The van der Waals surface area contributed by atoms with Crippen LogP contribution in [0.15, 0.2) is 65.9 Å². The van der Waals surface area contributed by atoms with E-state index >= 15 is 0 Å². The van der Waals surface area contributed by atoms with Gasteiger partial charge in [-0.3, -0.25) is 0 Å². The van der Waals surface area contributed by atoms with Gasteiger partial charge in [-0.25, -0.2) is 14.4 Å². The van der Waals surface area contributed by atoms with Crippen molar-refractivity contribution < 1.29 is 37.4 Å². The smallest absolute Gasteiger partial charge is 0.387 e. The number of alkyl halides is 2. The number of para-hydroxylation sites is 1. The second kappa shape index (κ2) is 10.4. The first-order valence-electron chi connectivity index (χ1n) is 9.64. The molecule has 1 atom stereocenters. The lowest BCUT2D eigenvalue weighted by atomic mass is 9.95. The Kier molecular flexibility index (Phi) is 7.37. The van der Waals surface area contributed by atoms with E-state index in [1.807, 2.05) is 0 Å². The van der Waals surface area contributed by atoms with Crippen molar-refractivity contribution in [1.82, 2.24) is 10.6 Å². The number of benzene rings is 2. The van der Waals surface area contributed by atoms with Crippen LogP contribution < -0.4 is 15.4 Å². The summed E-state index contributed by atoms with van der Waals surface area (Å²) in [5.74, 6) is -2.04. The van der Waals surface area contributed by atoms with Crippen molar-refractivity contribution >= 4 is 18.0 Å². The van der Waals surface area contributed by atoms with Crippen LogP contribution in [-0.4, -0.2) is 37.8 Å². The molecule has 1 heterocycles. The molecular formula is C22H20F2N2O6. The molecule has 0 aromatic heterocycles. The molecular weight excluding hydrogens is 426 g/mol. The van der Waals surface area contributed by atoms with Crippen molar-refractivity contribution in [2.45, 2.75) is 19.6 Å². The van der Waals surface area contributed by atoms with Crippen LogP contribution in [0.25, 0.3) is 0 Å². The Morgan fingerprint density at radius 2 is 1.69 bits per heavy atom. The Hall–Kier alpha value is -3.95. The van der Waals surface area contributed by atoms with Gasteiger partial charge in [-0.1, -0.05) is 42.5 Å². The minimum atomic E-state index is -3.13. The molecule has 10 heteroatoms. The average molecular weight is 446 g/mol. The van der Waals surface area contributed by atoms with E-state index in [1.165, 1.54) is 24.3 Å². The molecule has 2 N–H and O–H groups in total. The summed E-state index contributed by atoms with van der Waals surface area (Å²) in [6.45, 7) is -1.92. The highest BCUT2D eigenvalue weighted by Gasteiger charge is 2.34. The molecule has 0 saturated heterocycles. The first-order valence-corrected chi connectivity index (χ1v) is 9.64. The fourth-order valence-corrected chi connectivity index (χ4v) is 3.13. The molecule has 1 aliphatic rings. The summed E-state index contributed by atoms with van der Waals surface area (Å²) in [7, 11) is 0. The van der Waals surface area contributed by atoms with E-state index in [0.29, 0.717) is 5.56 Å². The minimum Gasteiger partial charge on any atom is -0.463 e. The van der Waals surface area contributed by atoms with E-state index in [-0.39, 0.29) is 29.2 Å². The van der Waals surface area contributed by atoms with Crippen molar-refractivity contribution in [3.8, 4) is 5.75 Å². The average Bonchev–Trinajstić information content (AvgIpc) is 2.77. The van der Waals surface area contributed by atoms with Crippen LogP contribution in [0.1, 0.15) is 28.9 Å². The third kappa shape index (κ3) is 5.39. The molecule has 2 aromatic carbocycles. The maximum atomic E-state index is 12.7. The number of hydrogen-bond acceptors (Lipinski definition) is 6. The van der Waals surface area contributed by atoms with E-state index in [2.05, 4.69) is 15.4 Å². The van der Waals surface area contributed by atoms with Gasteiger partial charge in [-0.2, -0.15) is 8.78 Å². The second-order valence-electron chi connectivity index (χ2n) is 6.51. The molecule has 0 radical (unpaired) electrons. The molecule has 1 unspecified atom stereocenters. The maximum Gasteiger partial charge on any atom is 0.387 e. The zero-order chi connectivity index (χ0) is 23.1. The molecule has 0 aliphatic carbocycles. The fraction of sp³-hybridized carbons (Fsp3) is 0.227. The highest BCUT2D eigenvalue weighted by Crippen LogP contribution is 2.28. The molecule has 1 aliphatic heterocycles. The van der Waals surface area contributed by atoms with E-state index in [4.69, 9.17) is 9.47 Å². The SMILES string of the molecule is CCOC(=O)C1=C(COC(=O)c2ccccc2OC(F)F)NC(=O)NC1c1ccccc1. The second-order valence-corrected chi connectivity index (χ2v) is 6.51. The summed E-state index contributed by atoms with van der Waals surface area (Å²) in [6.07, 6.45) is 0. The molecule has 0 saturated carbocycles. The zero-order valence-electron chi connectivity index (χ0n) is 17.0. The van der Waals surface area contributed by atoms with Crippen molar-refractivity contribution in [3.05, 3.63) is 77.0 Å². The van der Waals surface area contributed by atoms with Gasteiger partial charge < -0.3 is 24.8 Å². The van der Waals surface area contributed by atoms with Crippen LogP contribution in [0, 0.1) is 0 Å². The highest BCUT2D eigenvalue weighted by atomic mass is 19.3. The lowest BCUT2D eigenvalue weighted by Gasteiger charge is -2.29. The predicted molar refractivity (Wildman–Crippen MR) is 108 cm³/mol. The number of halogens is 2. The number of rotatable bonds is 8. The summed E-state index contributed by atoms with van der Waals surface area (Å²) in [5.41, 5.74) is 0.458. The Morgan fingerprint density at radius 1 is 1.00 bits per heavy atom. The van der Waals surface area contributed by atoms with Crippen LogP contribution in [-0.2, 0) is 14.3 Å². The van der Waals surface area contributed by atoms with E-state index in [9.17, 15) is 23.2 Å². The summed E-state index contributed by atoms with van der Waals surface area (Å²) >= 11 is 0. The third-order valence-electron chi connectivity index (χ3n) is 4.45. The number of ether oxygens (including phenoxy) is 3. The van der Waals surface area contributed by atoms with Gasteiger partial charge >= 0.3 is 24.6 Å². The largest absolute Gasteiger partial charge is 0.463 e. The number of amides is 2. The highest BCUT2D eigenvalue weighted by molar-refractivity contribution is 5.96. The molecule has 0 bridgehead atoms. The number of carbonyl (C=O) groups excluding carboxylic acids is 3. The number of hydrogen-bond donors (Lipinski definition) is 2. The Morgan fingerprint density at radius 3 is 2.38 bits per heavy atom. The van der Waals surface area contributed by atoms with E-state index in [1.54, 1.807) is 37.3 Å². The summed E-state index contributed by atoms with van der Waals surface area (Å²) in [4.78, 5) is 37.4. The maximum absolute atomic E-state index is 12.7. The van der Waals surface area contributed by atoms with E-state index in [0.717, 1.165) is 0 Å². The lowest BCUT2D eigenvalue weighted by Crippen LogP contribution is -2.47. The standard InChI is InChI=1S/C22H20F2N2O6/c1-2-30-20(28)17-15(25-22(29)26-18(17)13-8-4-3-5-9-13)12-31-19(27)14-10-6-7-11-16(14)32-21(23)24/h3-11,18,21H,2,12H2,1H3,(H2,25,26,29). The molecule has 2 aromatic rings. The molecule has 3 rings (SSSR count). The van der Waals surface area contributed by atoms with Crippen molar-refractivity contribution in [3.63, 3.8) is 0 Å². The quantitative estimate of drug-likeness (QED) is 0.603. The summed E-state index contributed by atoms with van der Waals surface area (Å²) in [5, 5.41) is 5.11. The van der Waals surface area contributed by atoms with Gasteiger partial charge in [-0.15, -0.1) is 0 Å². The summed E-state index contributed by atoms with van der Waals surface area (Å²) in [6, 6.07) is 12.6. The van der Waals surface area contributed by atoms with Gasteiger partial charge in [0.2, 0.25) is 0 Å². The molecule has 0 spiro atoms. The first kappa shape index (κ1) is 22.7. The molecule has 2 amide bonds. The Labute approximate surface area is 182 Å². The van der Waals surface area contributed by atoms with Crippen LogP contribution in [0.5, 0.6) is 5.75 Å². The predicted octanol–water partition coefficient (Wildman–Crippen LogP) is 3.32. The number of urea groups is 1. The minimum absolute atomic E-state index is 0.0154. The zero-order valence-corrected chi connectivity index (χ0v) is 17.0. The van der Waals surface area contributed by atoms with Crippen molar-refractivity contribution in [1.29, 1.82) is 0 Å². The molecule has 32 heavy (non-hydrogen) atoms. The van der Waals surface area contributed by atoms with Crippen LogP contribution in [0.2, 0.25) is 0 Å². The summed E-state index contributed by atoms with van der Waals surface area (Å²) < 4.78 is 39.9. The van der Waals surface area contributed by atoms with Crippen molar-refractivity contribution in [2.24, 2.45) is 0 Å². The lowest BCUT2D eigenvalue weighted by molar-refractivity contribution is -0.139. The van der Waals surface area contributed by atoms with Gasteiger partial charge in [0, 0.05) is 0 Å². The van der Waals surface area contributed by atoms with Crippen molar-refractivity contribution in [2.75, 3.05) is 13.2 Å². The molecule has 0 fully saturated rings. The van der Waals surface area contributed by atoms with Gasteiger partial charge in [-0.05, 0) is 24.6 Å². The van der Waals surface area contributed by atoms with Crippen LogP contribution in [0.4, 0.5) is 13.6 Å². The molecule has 8 nitrogen and oxygen atoms in total. The monoisotopic (exact) mass is 446 g/mol. The number of nitrogens with one attached hydrogen (secondary N) is 2. The number of carbonyl (C=O) groups is 3. The van der Waals surface area contributed by atoms with Gasteiger partial charge in [0.05, 0.1) is 23.9 Å². The van der Waals surface area contributed by atoms with Gasteiger partial charge in [0.25, 0.3) is 0 Å². The topological polar surface area (TPSA) is 103 Å². The van der Waals surface area contributed by atoms with Crippen LogP contribution >= 0.6 is 0 Å². The molecule has 168 valence electrons. The first-order chi connectivity index (χ1) is 15.4. The van der Waals surface area contributed by atoms with Gasteiger partial charge in [0.1, 0.15) is 17.9 Å². The third-order valence-corrected chi connectivity index (χ3v) is 4.45. The normalized spacial score (nSPS) is 15.6. The number of esters is 2. The Bertz CT molecular complexity index is 1030. The van der Waals surface area contributed by atoms with Gasteiger partial charge in [0.15, 0.2) is 0 Å². The van der Waals surface area contributed by atoms with Crippen LogP contribution in [0.3, 0.4) is 0 Å². The Balaban J connectivity index is 1.90. The van der Waals surface area contributed by atoms with E-state index < -0.39 is 37.2 Å².